The number of benzene rings is 2. The predicted molar refractivity (Wildman–Crippen MR) is 111 cm³/mol. The summed E-state index contributed by atoms with van der Waals surface area (Å²) in [6, 6.07) is 23.2. The molecule has 0 saturated carbocycles. The molecule has 0 aliphatic carbocycles. The minimum atomic E-state index is -0.126. The zero-order chi connectivity index (χ0) is 18.9. The molecule has 2 bridgehead atoms. The van der Waals surface area contributed by atoms with Crippen molar-refractivity contribution in [3.63, 3.8) is 0 Å². The van der Waals surface area contributed by atoms with E-state index in [1.807, 2.05) is 42.5 Å². The molecule has 0 unspecified atom stereocenters. The van der Waals surface area contributed by atoms with Gasteiger partial charge in [0.05, 0.1) is 0 Å². The molecule has 2 N–H and O–H groups in total. The number of nitrogens with one attached hydrogen (secondary N) is 2. The Morgan fingerprint density at radius 1 is 1.00 bits per heavy atom. The van der Waals surface area contributed by atoms with Crippen molar-refractivity contribution in [1.82, 2.24) is 10.6 Å². The molecule has 2 aliphatic heterocycles. The molecule has 5 rings (SSSR count). The number of hydrogen-bond acceptors (Lipinski definition) is 4. The zero-order valence-electron chi connectivity index (χ0n) is 15.4. The summed E-state index contributed by atoms with van der Waals surface area (Å²) in [6.45, 7) is 0. The van der Waals surface area contributed by atoms with Gasteiger partial charge >= 0.3 is 0 Å². The number of carbonyl (C=O) groups excluding carboxylic acids is 1. The van der Waals surface area contributed by atoms with Crippen LogP contribution >= 0.6 is 11.8 Å². The molecule has 2 saturated heterocycles. The second-order valence-corrected chi connectivity index (χ2v) is 8.55. The van der Waals surface area contributed by atoms with Crippen molar-refractivity contribution in [1.29, 1.82) is 0 Å². The third kappa shape index (κ3) is 3.48. The largest absolute Gasteiger partial charge is 0.451 e. The molecule has 0 radical (unpaired) electrons. The van der Waals surface area contributed by atoms with Gasteiger partial charge in [-0.1, -0.05) is 48.2 Å². The first-order chi connectivity index (χ1) is 13.8. The van der Waals surface area contributed by atoms with Gasteiger partial charge in [-0.15, -0.1) is 0 Å². The molecular formula is C23H22N2O2S. The topological polar surface area (TPSA) is 54.3 Å². The Labute approximate surface area is 168 Å². The Bertz CT molecular complexity index is 985. The van der Waals surface area contributed by atoms with Crippen molar-refractivity contribution in [2.75, 3.05) is 0 Å². The lowest BCUT2D eigenvalue weighted by atomic mass is 9.95. The van der Waals surface area contributed by atoms with E-state index in [1.54, 1.807) is 17.8 Å². The molecule has 1 amide bonds. The molecule has 2 aliphatic rings. The number of hydrogen-bond donors (Lipinski definition) is 2. The van der Waals surface area contributed by atoms with Crippen LogP contribution in [0.15, 0.2) is 80.9 Å². The Hall–Kier alpha value is -2.50. The zero-order valence-corrected chi connectivity index (χ0v) is 16.2. The third-order valence-electron chi connectivity index (χ3n) is 5.57. The van der Waals surface area contributed by atoms with Gasteiger partial charge in [-0.2, -0.15) is 0 Å². The highest BCUT2D eigenvalue weighted by Crippen LogP contribution is 2.36. The number of fused-ring (bicyclic) bond motifs is 2. The highest BCUT2D eigenvalue weighted by molar-refractivity contribution is 7.99. The van der Waals surface area contributed by atoms with E-state index in [-0.39, 0.29) is 11.9 Å². The first-order valence-electron chi connectivity index (χ1n) is 9.75. The van der Waals surface area contributed by atoms with Crippen molar-refractivity contribution >= 4 is 17.7 Å². The molecule has 1 aromatic heterocycles. The van der Waals surface area contributed by atoms with Crippen molar-refractivity contribution < 1.29 is 9.21 Å². The van der Waals surface area contributed by atoms with Crippen molar-refractivity contribution in [3.8, 4) is 11.3 Å². The number of furan rings is 1. The van der Waals surface area contributed by atoms with E-state index in [0.717, 1.165) is 29.1 Å². The van der Waals surface area contributed by atoms with E-state index in [4.69, 9.17) is 4.42 Å². The molecule has 3 atom stereocenters. The first-order valence-corrected chi connectivity index (χ1v) is 10.6. The van der Waals surface area contributed by atoms with Crippen LogP contribution in [0.1, 0.15) is 29.8 Å². The minimum absolute atomic E-state index is 0.126. The summed E-state index contributed by atoms with van der Waals surface area (Å²) in [5, 5.41) is 6.69. The van der Waals surface area contributed by atoms with E-state index < -0.39 is 0 Å². The molecule has 3 heterocycles. The maximum Gasteiger partial charge on any atom is 0.287 e. The number of carbonyl (C=O) groups is 1. The molecule has 142 valence electrons. The standard InChI is InChI=1S/C23H22N2O2S/c26-23(25-19-14-15-10-11-18(19)24-15)21-13-12-20(27-21)17-8-4-5-9-22(17)28-16-6-2-1-3-7-16/h1-9,12-13,15,18-19,24H,10-11,14H2,(H,25,26)/t15-,18+,19-/m1/s1. The molecule has 0 spiro atoms. The van der Waals surface area contributed by atoms with Gasteiger partial charge in [-0.3, -0.25) is 4.79 Å². The van der Waals surface area contributed by atoms with Gasteiger partial charge in [0.25, 0.3) is 5.91 Å². The van der Waals surface area contributed by atoms with E-state index in [0.29, 0.717) is 17.8 Å². The quantitative estimate of drug-likeness (QED) is 0.662. The van der Waals surface area contributed by atoms with Crippen LogP contribution in [0, 0.1) is 0 Å². The van der Waals surface area contributed by atoms with Crippen molar-refractivity contribution in [2.45, 2.75) is 47.2 Å². The molecule has 4 nitrogen and oxygen atoms in total. The lowest BCUT2D eigenvalue weighted by Crippen LogP contribution is -2.42. The van der Waals surface area contributed by atoms with Gasteiger partial charge < -0.3 is 15.1 Å². The summed E-state index contributed by atoms with van der Waals surface area (Å²) in [5.74, 6) is 0.964. The summed E-state index contributed by atoms with van der Waals surface area (Å²) in [7, 11) is 0. The Balaban J connectivity index is 1.34. The number of amides is 1. The van der Waals surface area contributed by atoms with Gasteiger partial charge in [0.2, 0.25) is 0 Å². The lowest BCUT2D eigenvalue weighted by Gasteiger charge is -2.20. The highest BCUT2D eigenvalue weighted by atomic mass is 32.2. The van der Waals surface area contributed by atoms with Crippen LogP contribution in [-0.4, -0.2) is 24.0 Å². The van der Waals surface area contributed by atoms with Crippen molar-refractivity contribution in [2.24, 2.45) is 0 Å². The molecule has 2 aromatic carbocycles. The molecule has 5 heteroatoms. The van der Waals surface area contributed by atoms with Crippen LogP contribution in [-0.2, 0) is 0 Å². The second-order valence-electron chi connectivity index (χ2n) is 7.44. The fourth-order valence-electron chi connectivity index (χ4n) is 4.20. The van der Waals surface area contributed by atoms with Crippen LogP contribution in [0.5, 0.6) is 0 Å². The summed E-state index contributed by atoms with van der Waals surface area (Å²) in [5.41, 5.74) is 0.997. The SMILES string of the molecule is O=C(N[C@@H]1C[C@H]2CC[C@@H]1N2)c1ccc(-c2ccccc2Sc2ccccc2)o1. The van der Waals surface area contributed by atoms with E-state index >= 15 is 0 Å². The molecule has 3 aromatic rings. The molecule has 28 heavy (non-hydrogen) atoms. The van der Waals surface area contributed by atoms with Crippen LogP contribution in [0.2, 0.25) is 0 Å². The van der Waals surface area contributed by atoms with E-state index in [9.17, 15) is 4.79 Å². The maximum absolute atomic E-state index is 12.7. The average molecular weight is 391 g/mol. The lowest BCUT2D eigenvalue weighted by molar-refractivity contribution is 0.0903. The van der Waals surface area contributed by atoms with Crippen LogP contribution in [0.4, 0.5) is 0 Å². The Morgan fingerprint density at radius 2 is 1.82 bits per heavy atom. The van der Waals surface area contributed by atoms with Crippen LogP contribution in [0.3, 0.4) is 0 Å². The Kier molecular flexibility index (Phi) is 4.71. The van der Waals surface area contributed by atoms with Gasteiger partial charge in [0.1, 0.15) is 5.76 Å². The average Bonchev–Trinajstić information content (AvgIpc) is 3.46. The fraction of sp³-hybridized carbons (Fsp3) is 0.261. The smallest absolute Gasteiger partial charge is 0.287 e. The van der Waals surface area contributed by atoms with Crippen LogP contribution in [0.25, 0.3) is 11.3 Å². The molecule has 2 fully saturated rings. The molecular weight excluding hydrogens is 368 g/mol. The first kappa shape index (κ1) is 17.6. The van der Waals surface area contributed by atoms with Gasteiger partial charge in [-0.05, 0) is 49.6 Å². The van der Waals surface area contributed by atoms with Gasteiger partial charge in [0, 0.05) is 33.5 Å². The van der Waals surface area contributed by atoms with Crippen LogP contribution < -0.4 is 10.6 Å². The summed E-state index contributed by atoms with van der Waals surface area (Å²) >= 11 is 1.69. The fourth-order valence-corrected chi connectivity index (χ4v) is 5.17. The second kappa shape index (κ2) is 7.49. The predicted octanol–water partition coefficient (Wildman–Crippen LogP) is 4.72. The monoisotopic (exact) mass is 390 g/mol. The van der Waals surface area contributed by atoms with Crippen molar-refractivity contribution in [3.05, 3.63) is 72.5 Å². The maximum atomic E-state index is 12.7. The Morgan fingerprint density at radius 3 is 2.61 bits per heavy atom. The summed E-state index contributed by atoms with van der Waals surface area (Å²) in [6.07, 6.45) is 3.38. The van der Waals surface area contributed by atoms with Gasteiger partial charge in [0.15, 0.2) is 5.76 Å². The summed E-state index contributed by atoms with van der Waals surface area (Å²) < 4.78 is 5.95. The minimum Gasteiger partial charge on any atom is -0.451 e. The summed E-state index contributed by atoms with van der Waals surface area (Å²) in [4.78, 5) is 14.9. The normalized spacial score (nSPS) is 23.1. The van der Waals surface area contributed by atoms with E-state index in [1.165, 1.54) is 11.3 Å². The highest BCUT2D eigenvalue weighted by Gasteiger charge is 2.40. The number of rotatable bonds is 5. The third-order valence-corrected chi connectivity index (χ3v) is 6.65. The van der Waals surface area contributed by atoms with Gasteiger partial charge in [-0.25, -0.2) is 0 Å². The van der Waals surface area contributed by atoms with E-state index in [2.05, 4.69) is 28.8 Å².